The van der Waals surface area contributed by atoms with Crippen molar-refractivity contribution in [3.05, 3.63) is 35.7 Å². The van der Waals surface area contributed by atoms with Crippen molar-refractivity contribution in [1.82, 2.24) is 24.6 Å². The third-order valence-corrected chi connectivity index (χ3v) is 4.16. The monoisotopic (exact) mass is 287 g/mol. The molecule has 0 unspecified atom stereocenters. The van der Waals surface area contributed by atoms with E-state index in [1.54, 1.807) is 4.90 Å². The zero-order chi connectivity index (χ0) is 14.8. The Morgan fingerprint density at radius 3 is 3.19 bits per heavy atom. The van der Waals surface area contributed by atoms with Crippen molar-refractivity contribution in [2.24, 2.45) is 5.92 Å². The summed E-state index contributed by atoms with van der Waals surface area (Å²) < 4.78 is 2.19. The van der Waals surface area contributed by atoms with Gasteiger partial charge in [0.25, 0.3) is 5.91 Å². The minimum Gasteiger partial charge on any atom is -0.340 e. The summed E-state index contributed by atoms with van der Waals surface area (Å²) in [5, 5.41) is 6.99. The molecule has 3 heterocycles. The van der Waals surface area contributed by atoms with Crippen LogP contribution in [0.2, 0.25) is 0 Å². The first-order valence-electron chi connectivity index (χ1n) is 7.47. The standard InChI is InChI=1S/C15H21N5O/c1-3-12-9-13(18-17-12)15(21)19(2)10-11-4-6-20-7-5-16-14(20)8-11/h5,7,9,11H,3-4,6,8,10H2,1-2H3,(H,17,18)/t11-/m0/s1. The molecular weight excluding hydrogens is 266 g/mol. The van der Waals surface area contributed by atoms with E-state index in [2.05, 4.69) is 19.7 Å². The first-order chi connectivity index (χ1) is 10.2. The van der Waals surface area contributed by atoms with Crippen LogP contribution in [0, 0.1) is 5.92 Å². The SMILES string of the molecule is CCc1cc(C(=O)N(C)C[C@H]2CCn3ccnc3C2)n[nH]1. The van der Waals surface area contributed by atoms with Crippen LogP contribution in [0.1, 0.15) is 35.4 Å². The Balaban J connectivity index is 1.61. The second-order valence-corrected chi connectivity index (χ2v) is 5.71. The summed E-state index contributed by atoms with van der Waals surface area (Å²) in [6.07, 6.45) is 6.75. The number of H-pyrrole nitrogens is 1. The summed E-state index contributed by atoms with van der Waals surface area (Å²) in [5.41, 5.74) is 1.50. The molecule has 2 aromatic heterocycles. The number of rotatable bonds is 4. The molecule has 0 aliphatic carbocycles. The molecule has 2 aromatic rings. The van der Waals surface area contributed by atoms with E-state index in [0.717, 1.165) is 43.9 Å². The van der Waals surface area contributed by atoms with Gasteiger partial charge in [-0.25, -0.2) is 4.98 Å². The van der Waals surface area contributed by atoms with E-state index in [1.165, 1.54) is 0 Å². The maximum absolute atomic E-state index is 12.4. The number of imidazole rings is 1. The van der Waals surface area contributed by atoms with E-state index in [4.69, 9.17) is 0 Å². The molecule has 1 aliphatic heterocycles. The third kappa shape index (κ3) is 2.84. The molecule has 1 amide bonds. The van der Waals surface area contributed by atoms with Crippen molar-refractivity contribution in [2.75, 3.05) is 13.6 Å². The summed E-state index contributed by atoms with van der Waals surface area (Å²) >= 11 is 0. The lowest BCUT2D eigenvalue weighted by atomic mass is 9.97. The average Bonchev–Trinajstić information content (AvgIpc) is 3.14. The van der Waals surface area contributed by atoms with Gasteiger partial charge in [0, 0.05) is 44.6 Å². The molecule has 0 spiro atoms. The number of amides is 1. The van der Waals surface area contributed by atoms with Gasteiger partial charge in [0.2, 0.25) is 0 Å². The number of nitrogens with zero attached hydrogens (tertiary/aromatic N) is 4. The topological polar surface area (TPSA) is 66.8 Å². The lowest BCUT2D eigenvalue weighted by Gasteiger charge is -2.27. The number of hydrogen-bond donors (Lipinski definition) is 1. The fraction of sp³-hybridized carbons (Fsp3) is 0.533. The molecule has 6 heteroatoms. The normalized spacial score (nSPS) is 17.5. The quantitative estimate of drug-likeness (QED) is 0.926. The molecule has 21 heavy (non-hydrogen) atoms. The molecule has 0 saturated carbocycles. The smallest absolute Gasteiger partial charge is 0.274 e. The summed E-state index contributed by atoms with van der Waals surface area (Å²) in [6, 6.07) is 1.84. The minimum atomic E-state index is -0.0140. The molecule has 0 radical (unpaired) electrons. The Labute approximate surface area is 124 Å². The Bertz CT molecular complexity index is 630. The van der Waals surface area contributed by atoms with E-state index in [-0.39, 0.29) is 5.91 Å². The van der Waals surface area contributed by atoms with Crippen molar-refractivity contribution in [3.8, 4) is 0 Å². The van der Waals surface area contributed by atoms with Gasteiger partial charge in [-0.05, 0) is 24.8 Å². The van der Waals surface area contributed by atoms with Gasteiger partial charge < -0.3 is 9.47 Å². The first kappa shape index (κ1) is 13.9. The second-order valence-electron chi connectivity index (χ2n) is 5.71. The summed E-state index contributed by atoms with van der Waals surface area (Å²) in [5.74, 6) is 1.58. The fourth-order valence-electron chi connectivity index (χ4n) is 2.89. The lowest BCUT2D eigenvalue weighted by Crippen LogP contribution is -2.35. The van der Waals surface area contributed by atoms with Crippen molar-refractivity contribution in [2.45, 2.75) is 32.7 Å². The molecular formula is C15H21N5O. The highest BCUT2D eigenvalue weighted by Gasteiger charge is 2.23. The van der Waals surface area contributed by atoms with Crippen LogP contribution in [0.5, 0.6) is 0 Å². The van der Waals surface area contributed by atoms with Crippen LogP contribution in [0.15, 0.2) is 18.5 Å². The predicted molar refractivity (Wildman–Crippen MR) is 79.0 cm³/mol. The maximum Gasteiger partial charge on any atom is 0.274 e. The number of hydrogen-bond acceptors (Lipinski definition) is 3. The minimum absolute atomic E-state index is 0.0140. The van der Waals surface area contributed by atoms with Crippen molar-refractivity contribution >= 4 is 5.91 Å². The van der Waals surface area contributed by atoms with Gasteiger partial charge in [0.1, 0.15) is 11.5 Å². The van der Waals surface area contributed by atoms with Gasteiger partial charge in [-0.1, -0.05) is 6.92 Å². The summed E-state index contributed by atoms with van der Waals surface area (Å²) in [4.78, 5) is 18.5. The van der Waals surface area contributed by atoms with E-state index in [0.29, 0.717) is 11.6 Å². The highest BCUT2D eigenvalue weighted by Crippen LogP contribution is 2.20. The Morgan fingerprint density at radius 2 is 2.43 bits per heavy atom. The fourth-order valence-corrected chi connectivity index (χ4v) is 2.89. The molecule has 3 rings (SSSR count). The number of fused-ring (bicyclic) bond motifs is 1. The Hall–Kier alpha value is -2.11. The second kappa shape index (κ2) is 5.71. The molecule has 112 valence electrons. The van der Waals surface area contributed by atoms with Gasteiger partial charge in [-0.3, -0.25) is 9.89 Å². The molecule has 0 aromatic carbocycles. The van der Waals surface area contributed by atoms with Gasteiger partial charge in [0.15, 0.2) is 0 Å². The number of aromatic amines is 1. The predicted octanol–water partition coefficient (Wildman–Crippen LogP) is 1.50. The number of aromatic nitrogens is 4. The number of nitrogens with one attached hydrogen (secondary N) is 1. The zero-order valence-corrected chi connectivity index (χ0v) is 12.5. The van der Waals surface area contributed by atoms with Gasteiger partial charge in [0.05, 0.1) is 0 Å². The number of carbonyl (C=O) groups excluding carboxylic acids is 1. The van der Waals surface area contributed by atoms with Crippen LogP contribution in [0.3, 0.4) is 0 Å². The average molecular weight is 287 g/mol. The van der Waals surface area contributed by atoms with Crippen LogP contribution in [0.25, 0.3) is 0 Å². The summed E-state index contributed by atoms with van der Waals surface area (Å²) in [6.45, 7) is 3.78. The Morgan fingerprint density at radius 1 is 1.57 bits per heavy atom. The van der Waals surface area contributed by atoms with E-state index in [9.17, 15) is 4.79 Å². The van der Waals surface area contributed by atoms with Crippen molar-refractivity contribution in [3.63, 3.8) is 0 Å². The highest BCUT2D eigenvalue weighted by molar-refractivity contribution is 5.92. The highest BCUT2D eigenvalue weighted by atomic mass is 16.2. The lowest BCUT2D eigenvalue weighted by molar-refractivity contribution is 0.0758. The number of aryl methyl sites for hydroxylation is 2. The summed E-state index contributed by atoms with van der Waals surface area (Å²) in [7, 11) is 1.85. The molecule has 0 fully saturated rings. The van der Waals surface area contributed by atoms with Crippen LogP contribution in [0.4, 0.5) is 0 Å². The van der Waals surface area contributed by atoms with Gasteiger partial charge in [-0.15, -0.1) is 0 Å². The molecule has 0 bridgehead atoms. The Kier molecular flexibility index (Phi) is 3.77. The van der Waals surface area contributed by atoms with Crippen LogP contribution < -0.4 is 0 Å². The zero-order valence-electron chi connectivity index (χ0n) is 12.5. The van der Waals surface area contributed by atoms with Crippen LogP contribution in [-0.2, 0) is 19.4 Å². The van der Waals surface area contributed by atoms with E-state index in [1.807, 2.05) is 32.4 Å². The maximum atomic E-state index is 12.4. The van der Waals surface area contributed by atoms with Crippen molar-refractivity contribution in [1.29, 1.82) is 0 Å². The molecule has 0 saturated heterocycles. The van der Waals surface area contributed by atoms with Gasteiger partial charge in [-0.2, -0.15) is 5.10 Å². The van der Waals surface area contributed by atoms with Gasteiger partial charge >= 0.3 is 0 Å². The third-order valence-electron chi connectivity index (χ3n) is 4.16. The first-order valence-corrected chi connectivity index (χ1v) is 7.47. The molecule has 1 aliphatic rings. The largest absolute Gasteiger partial charge is 0.340 e. The van der Waals surface area contributed by atoms with E-state index >= 15 is 0 Å². The molecule has 1 atom stereocenters. The van der Waals surface area contributed by atoms with Crippen molar-refractivity contribution < 1.29 is 4.79 Å². The molecule has 6 nitrogen and oxygen atoms in total. The van der Waals surface area contributed by atoms with Crippen LogP contribution in [-0.4, -0.2) is 44.1 Å². The number of carbonyl (C=O) groups is 1. The van der Waals surface area contributed by atoms with E-state index < -0.39 is 0 Å². The molecule has 1 N–H and O–H groups in total. The van der Waals surface area contributed by atoms with Crippen LogP contribution >= 0.6 is 0 Å².